The van der Waals surface area contributed by atoms with E-state index in [0.29, 0.717) is 23.6 Å². The molecule has 0 radical (unpaired) electrons. The topological polar surface area (TPSA) is 77.2 Å². The number of benzene rings is 1. The van der Waals surface area contributed by atoms with Crippen LogP contribution in [0.1, 0.15) is 47.0 Å². The number of carbonyl (C=O) groups is 1. The third-order valence-electron chi connectivity index (χ3n) is 3.97. The maximum Gasteiger partial charge on any atom is 0.277 e. The van der Waals surface area contributed by atoms with Gasteiger partial charge in [0.2, 0.25) is 11.8 Å². The Bertz CT molecular complexity index is 701. The molecule has 148 valence electrons. The van der Waals surface area contributed by atoms with E-state index in [1.807, 2.05) is 38.1 Å². The summed E-state index contributed by atoms with van der Waals surface area (Å²) >= 11 is 1.25. The average molecular weight is 392 g/mol. The molecule has 6 nitrogen and oxygen atoms in total. The monoisotopic (exact) mass is 391 g/mol. The Morgan fingerprint density at radius 1 is 1.19 bits per heavy atom. The number of aromatic nitrogens is 2. The largest absolute Gasteiger partial charge is 0.494 e. The molecule has 0 unspecified atom stereocenters. The number of thioether (sulfide) groups is 1. The van der Waals surface area contributed by atoms with Gasteiger partial charge in [0, 0.05) is 11.6 Å². The van der Waals surface area contributed by atoms with E-state index in [1.165, 1.54) is 18.2 Å². The van der Waals surface area contributed by atoms with Crippen molar-refractivity contribution >= 4 is 17.7 Å². The first-order chi connectivity index (χ1) is 13.0. The lowest BCUT2D eigenvalue weighted by Crippen LogP contribution is -2.33. The van der Waals surface area contributed by atoms with Crippen LogP contribution in [0.5, 0.6) is 5.75 Å². The van der Waals surface area contributed by atoms with Crippen molar-refractivity contribution < 1.29 is 13.9 Å². The summed E-state index contributed by atoms with van der Waals surface area (Å²) in [6, 6.07) is 7.66. The van der Waals surface area contributed by atoms with Crippen LogP contribution in [0.4, 0.5) is 0 Å². The van der Waals surface area contributed by atoms with Gasteiger partial charge >= 0.3 is 0 Å². The summed E-state index contributed by atoms with van der Waals surface area (Å²) in [4.78, 5) is 12.1. The number of rotatable bonds is 11. The van der Waals surface area contributed by atoms with Crippen molar-refractivity contribution in [2.75, 3.05) is 12.4 Å². The summed E-state index contributed by atoms with van der Waals surface area (Å²) in [5.74, 6) is 2.18. The van der Waals surface area contributed by atoms with Crippen molar-refractivity contribution in [1.29, 1.82) is 0 Å². The molecule has 2 rings (SSSR count). The lowest BCUT2D eigenvalue weighted by molar-refractivity contribution is -0.119. The van der Waals surface area contributed by atoms with Gasteiger partial charge in [0.25, 0.3) is 5.22 Å². The number of ether oxygens (including phenoxy) is 1. The van der Waals surface area contributed by atoms with Gasteiger partial charge in [-0.2, -0.15) is 0 Å². The molecule has 0 aliphatic heterocycles. The Kier molecular flexibility index (Phi) is 8.64. The molecule has 1 atom stereocenters. The minimum Gasteiger partial charge on any atom is -0.494 e. The second-order valence-electron chi connectivity index (χ2n) is 6.91. The van der Waals surface area contributed by atoms with Crippen LogP contribution in [-0.4, -0.2) is 34.5 Å². The van der Waals surface area contributed by atoms with Crippen molar-refractivity contribution in [3.8, 4) is 17.2 Å². The van der Waals surface area contributed by atoms with E-state index >= 15 is 0 Å². The van der Waals surface area contributed by atoms with Gasteiger partial charge in [0.15, 0.2) is 0 Å². The van der Waals surface area contributed by atoms with E-state index in [1.54, 1.807) is 0 Å². The van der Waals surface area contributed by atoms with Crippen LogP contribution < -0.4 is 10.1 Å². The Morgan fingerprint density at radius 3 is 2.59 bits per heavy atom. The van der Waals surface area contributed by atoms with E-state index in [0.717, 1.165) is 24.2 Å². The zero-order chi connectivity index (χ0) is 19.6. The summed E-state index contributed by atoms with van der Waals surface area (Å²) in [6.07, 6.45) is 3.31. The zero-order valence-corrected chi connectivity index (χ0v) is 17.3. The van der Waals surface area contributed by atoms with Gasteiger partial charge < -0.3 is 14.5 Å². The highest BCUT2D eigenvalue weighted by Crippen LogP contribution is 2.24. The van der Waals surface area contributed by atoms with Crippen LogP contribution in [0, 0.1) is 5.92 Å². The molecule has 1 aromatic carbocycles. The van der Waals surface area contributed by atoms with Crippen LogP contribution in [0.25, 0.3) is 11.5 Å². The minimum atomic E-state index is -0.0159. The third-order valence-corrected chi connectivity index (χ3v) is 4.79. The van der Waals surface area contributed by atoms with Crippen LogP contribution in [0.15, 0.2) is 33.9 Å². The summed E-state index contributed by atoms with van der Waals surface area (Å²) in [5.41, 5.74) is 0.820. The van der Waals surface area contributed by atoms with Gasteiger partial charge in [-0.3, -0.25) is 4.79 Å². The predicted molar refractivity (Wildman–Crippen MR) is 108 cm³/mol. The molecule has 1 aromatic heterocycles. The van der Waals surface area contributed by atoms with E-state index in [-0.39, 0.29) is 17.7 Å². The Morgan fingerprint density at radius 2 is 1.93 bits per heavy atom. The lowest BCUT2D eigenvalue weighted by atomic mass is 10.0. The molecule has 0 saturated heterocycles. The fourth-order valence-electron chi connectivity index (χ4n) is 2.59. The zero-order valence-electron chi connectivity index (χ0n) is 16.5. The highest BCUT2D eigenvalue weighted by atomic mass is 32.2. The maximum atomic E-state index is 12.1. The highest BCUT2D eigenvalue weighted by Gasteiger charge is 2.13. The lowest BCUT2D eigenvalue weighted by Gasteiger charge is -2.14. The first kappa shape index (κ1) is 21.3. The van der Waals surface area contributed by atoms with Gasteiger partial charge in [-0.05, 0) is 50.5 Å². The third kappa shape index (κ3) is 7.62. The van der Waals surface area contributed by atoms with E-state index < -0.39 is 0 Å². The number of nitrogens with zero attached hydrogens (tertiary/aromatic N) is 2. The molecule has 0 bridgehead atoms. The summed E-state index contributed by atoms with van der Waals surface area (Å²) in [7, 11) is 0. The van der Waals surface area contributed by atoms with Gasteiger partial charge in [0.05, 0.1) is 12.4 Å². The minimum absolute atomic E-state index is 0.0159. The molecular weight excluding hydrogens is 362 g/mol. The fourth-order valence-corrected chi connectivity index (χ4v) is 3.17. The molecule has 0 fully saturated rings. The van der Waals surface area contributed by atoms with Crippen molar-refractivity contribution in [1.82, 2.24) is 15.5 Å². The Balaban J connectivity index is 1.77. The first-order valence-corrected chi connectivity index (χ1v) is 10.5. The molecule has 1 amide bonds. The van der Waals surface area contributed by atoms with Gasteiger partial charge in [-0.25, -0.2) is 0 Å². The normalized spacial score (nSPS) is 12.2. The smallest absolute Gasteiger partial charge is 0.277 e. The second kappa shape index (κ2) is 11.0. The van der Waals surface area contributed by atoms with Gasteiger partial charge in [-0.15, -0.1) is 10.2 Å². The molecule has 0 aliphatic rings. The fraction of sp³-hybridized carbons (Fsp3) is 0.550. The maximum absolute atomic E-state index is 12.1. The highest BCUT2D eigenvalue weighted by molar-refractivity contribution is 7.99. The number of hydrogen-bond donors (Lipinski definition) is 1. The van der Waals surface area contributed by atoms with E-state index in [4.69, 9.17) is 9.15 Å². The number of carbonyl (C=O) groups excluding carboxylic acids is 1. The van der Waals surface area contributed by atoms with Crippen LogP contribution in [0.3, 0.4) is 0 Å². The first-order valence-electron chi connectivity index (χ1n) is 9.46. The molecule has 1 N–H and O–H groups in total. The average Bonchev–Trinajstić information content (AvgIpc) is 3.09. The van der Waals surface area contributed by atoms with Crippen LogP contribution in [0.2, 0.25) is 0 Å². The van der Waals surface area contributed by atoms with E-state index in [9.17, 15) is 4.79 Å². The van der Waals surface area contributed by atoms with Gasteiger partial charge in [-0.1, -0.05) is 38.5 Å². The molecule has 0 aliphatic carbocycles. The molecular formula is C20H29N3O3S. The molecule has 0 saturated carbocycles. The number of hydrogen-bond acceptors (Lipinski definition) is 6. The summed E-state index contributed by atoms with van der Waals surface area (Å²) in [5, 5.41) is 11.5. The molecule has 7 heteroatoms. The molecule has 2 aromatic rings. The summed E-state index contributed by atoms with van der Waals surface area (Å²) in [6.45, 7) is 9.04. The quantitative estimate of drug-likeness (QED) is 0.566. The van der Waals surface area contributed by atoms with Crippen LogP contribution in [-0.2, 0) is 4.79 Å². The van der Waals surface area contributed by atoms with Gasteiger partial charge in [0.1, 0.15) is 5.75 Å². The number of nitrogens with one attached hydrogen (secondary N) is 1. The van der Waals surface area contributed by atoms with Crippen molar-refractivity contribution in [3.63, 3.8) is 0 Å². The van der Waals surface area contributed by atoms with E-state index in [2.05, 4.69) is 29.4 Å². The second-order valence-corrected chi connectivity index (χ2v) is 7.84. The van der Waals surface area contributed by atoms with Crippen LogP contribution >= 0.6 is 11.8 Å². The van der Waals surface area contributed by atoms with Crippen molar-refractivity contribution in [2.24, 2.45) is 5.92 Å². The Hall–Kier alpha value is -2.02. The standard InChI is InChI=1S/C20H29N3O3S/c1-5-25-17-11-9-16(10-12-17)19-22-23-20(26-19)27-13-18(24)21-15(4)8-6-7-14(2)3/h9-12,14-15H,5-8,13H2,1-4H3,(H,21,24)/t15-/m0/s1. The number of amides is 1. The molecule has 1 heterocycles. The molecule has 27 heavy (non-hydrogen) atoms. The van der Waals surface area contributed by atoms with Crippen molar-refractivity contribution in [2.45, 2.75) is 58.2 Å². The van der Waals surface area contributed by atoms with Crippen molar-refractivity contribution in [3.05, 3.63) is 24.3 Å². The summed E-state index contributed by atoms with van der Waals surface area (Å²) < 4.78 is 11.1. The SMILES string of the molecule is CCOc1ccc(-c2nnc(SCC(=O)N[C@@H](C)CCCC(C)C)o2)cc1. The predicted octanol–water partition coefficient (Wildman–Crippen LogP) is 4.56. The Labute approximate surface area is 165 Å². The molecule has 0 spiro atoms.